The second kappa shape index (κ2) is 10.4. The third-order valence-electron chi connectivity index (χ3n) is 2.49. The Morgan fingerprint density at radius 3 is 2.44 bits per heavy atom. The van der Waals surface area contributed by atoms with Gasteiger partial charge in [0.15, 0.2) is 10.2 Å². The Morgan fingerprint density at radius 1 is 1.24 bits per heavy atom. The van der Waals surface area contributed by atoms with Gasteiger partial charge in [0.2, 0.25) is 0 Å². The van der Waals surface area contributed by atoms with Gasteiger partial charge >= 0.3 is 5.97 Å². The number of thiocarbonyl (C=S) groups is 2. The van der Waals surface area contributed by atoms with Crippen molar-refractivity contribution in [2.75, 3.05) is 11.9 Å². The maximum Gasteiger partial charge on any atom is 0.345 e. The zero-order chi connectivity index (χ0) is 18.8. The van der Waals surface area contributed by atoms with Gasteiger partial charge in [-0.2, -0.15) is 0 Å². The van der Waals surface area contributed by atoms with Crippen LogP contribution in [0.2, 0.25) is 5.02 Å². The number of amides is 1. The molecule has 0 aliphatic rings. The van der Waals surface area contributed by atoms with E-state index in [-0.39, 0.29) is 22.4 Å². The SMILES string of the molecule is CCOC(=O)C(=CNC(=S)Nc1ccc(Cl)cc1)C(=O)NNC(N)=S. The zero-order valence-electron chi connectivity index (χ0n) is 13.1. The van der Waals surface area contributed by atoms with Crippen molar-refractivity contribution in [3.05, 3.63) is 41.1 Å². The van der Waals surface area contributed by atoms with Gasteiger partial charge in [-0.15, -0.1) is 0 Å². The third-order valence-corrected chi connectivity index (χ3v) is 3.06. The van der Waals surface area contributed by atoms with Crippen molar-refractivity contribution >= 4 is 63.8 Å². The van der Waals surface area contributed by atoms with Crippen LogP contribution in [0.5, 0.6) is 0 Å². The summed E-state index contributed by atoms with van der Waals surface area (Å²) in [5, 5.41) is 6.06. The summed E-state index contributed by atoms with van der Waals surface area (Å²) in [5.74, 6) is -1.64. The molecule has 1 amide bonds. The van der Waals surface area contributed by atoms with E-state index in [9.17, 15) is 9.59 Å². The maximum absolute atomic E-state index is 12.0. The summed E-state index contributed by atoms with van der Waals surface area (Å²) in [7, 11) is 0. The van der Waals surface area contributed by atoms with Crippen molar-refractivity contribution in [1.29, 1.82) is 0 Å². The van der Waals surface area contributed by atoms with Crippen LogP contribution in [-0.2, 0) is 14.3 Å². The second-order valence-corrected chi connectivity index (χ2v) is 5.61. The highest BCUT2D eigenvalue weighted by atomic mass is 35.5. The van der Waals surface area contributed by atoms with Gasteiger partial charge < -0.3 is 21.1 Å². The lowest BCUT2D eigenvalue weighted by Crippen LogP contribution is -2.46. The van der Waals surface area contributed by atoms with Crippen LogP contribution in [0.3, 0.4) is 0 Å². The number of carbonyl (C=O) groups excluding carboxylic acids is 2. The Kier molecular flexibility index (Phi) is 8.61. The van der Waals surface area contributed by atoms with Crippen LogP contribution in [0, 0.1) is 0 Å². The van der Waals surface area contributed by atoms with Crippen LogP contribution >= 0.6 is 36.0 Å². The molecular formula is C14H16ClN5O3S2. The molecule has 1 aromatic rings. The van der Waals surface area contributed by atoms with E-state index in [1.807, 2.05) is 0 Å². The Labute approximate surface area is 160 Å². The molecule has 0 aliphatic carbocycles. The van der Waals surface area contributed by atoms with Gasteiger partial charge in [0.1, 0.15) is 5.57 Å². The van der Waals surface area contributed by atoms with Crippen LogP contribution in [0.15, 0.2) is 36.0 Å². The largest absolute Gasteiger partial charge is 0.462 e. The fourth-order valence-electron chi connectivity index (χ4n) is 1.45. The van der Waals surface area contributed by atoms with E-state index >= 15 is 0 Å². The molecule has 11 heteroatoms. The first-order valence-corrected chi connectivity index (χ1v) is 8.09. The lowest BCUT2D eigenvalue weighted by Gasteiger charge is -2.11. The van der Waals surface area contributed by atoms with Crippen molar-refractivity contribution < 1.29 is 14.3 Å². The number of hydrazine groups is 1. The summed E-state index contributed by atoms with van der Waals surface area (Å²) in [6.07, 6.45) is 1.11. The van der Waals surface area contributed by atoms with E-state index in [0.717, 1.165) is 6.20 Å². The quantitative estimate of drug-likeness (QED) is 0.123. The molecule has 0 heterocycles. The van der Waals surface area contributed by atoms with E-state index < -0.39 is 11.9 Å². The molecule has 1 aromatic carbocycles. The zero-order valence-corrected chi connectivity index (χ0v) is 15.5. The first-order chi connectivity index (χ1) is 11.8. The monoisotopic (exact) mass is 401 g/mol. The maximum atomic E-state index is 12.0. The first-order valence-electron chi connectivity index (χ1n) is 6.89. The minimum absolute atomic E-state index is 0.0969. The minimum Gasteiger partial charge on any atom is -0.462 e. The molecule has 0 saturated carbocycles. The molecule has 0 unspecified atom stereocenters. The molecule has 8 nitrogen and oxygen atoms in total. The Balaban J connectivity index is 2.77. The molecule has 0 saturated heterocycles. The molecule has 134 valence electrons. The number of carbonyl (C=O) groups is 2. The fraction of sp³-hybridized carbons (Fsp3) is 0.143. The van der Waals surface area contributed by atoms with Gasteiger partial charge in [0.05, 0.1) is 6.61 Å². The highest BCUT2D eigenvalue weighted by Gasteiger charge is 2.19. The van der Waals surface area contributed by atoms with E-state index in [1.165, 1.54) is 0 Å². The lowest BCUT2D eigenvalue weighted by molar-refractivity contribution is -0.140. The van der Waals surface area contributed by atoms with Crippen LogP contribution < -0.4 is 27.2 Å². The first kappa shape index (κ1) is 20.6. The number of halogens is 1. The van der Waals surface area contributed by atoms with Crippen LogP contribution in [0.1, 0.15) is 6.92 Å². The highest BCUT2D eigenvalue weighted by Crippen LogP contribution is 2.13. The third kappa shape index (κ3) is 7.79. The average Bonchev–Trinajstić information content (AvgIpc) is 2.55. The average molecular weight is 402 g/mol. The molecule has 0 aromatic heterocycles. The Hall–Kier alpha value is -2.43. The molecule has 1 rings (SSSR count). The van der Waals surface area contributed by atoms with Gasteiger partial charge in [-0.1, -0.05) is 11.6 Å². The predicted molar refractivity (Wildman–Crippen MR) is 104 cm³/mol. The summed E-state index contributed by atoms with van der Waals surface area (Å²) in [6.45, 7) is 1.71. The smallest absolute Gasteiger partial charge is 0.345 e. The number of hydrogen-bond acceptors (Lipinski definition) is 5. The summed E-state index contributed by atoms with van der Waals surface area (Å²) < 4.78 is 4.82. The number of esters is 1. The molecular weight excluding hydrogens is 386 g/mol. The summed E-state index contributed by atoms with van der Waals surface area (Å²) in [5.41, 5.74) is 9.94. The number of hydrogen-bond donors (Lipinski definition) is 5. The topological polar surface area (TPSA) is 118 Å². The summed E-state index contributed by atoms with van der Waals surface area (Å²) in [4.78, 5) is 23.9. The standard InChI is InChI=1S/C14H16ClN5O3S2/c1-2-23-12(22)10(11(21)19-20-13(16)24)7-17-14(25)18-9-5-3-8(15)4-6-9/h3-7H,2H2,1H3,(H,19,21)(H3,16,20,24)(H2,17,18,25). The van der Waals surface area contributed by atoms with E-state index in [2.05, 4.69) is 33.7 Å². The van der Waals surface area contributed by atoms with Crippen molar-refractivity contribution in [3.63, 3.8) is 0 Å². The number of benzene rings is 1. The Morgan fingerprint density at radius 2 is 1.88 bits per heavy atom. The van der Waals surface area contributed by atoms with Crippen LogP contribution in [-0.4, -0.2) is 28.7 Å². The molecule has 0 aliphatic heterocycles. The predicted octanol–water partition coefficient (Wildman–Crippen LogP) is 0.938. The fourth-order valence-corrected chi connectivity index (χ4v) is 1.80. The molecule has 0 fully saturated rings. The molecule has 0 bridgehead atoms. The minimum atomic E-state index is -0.841. The van der Waals surface area contributed by atoms with Crippen molar-refractivity contribution in [3.8, 4) is 0 Å². The number of nitrogens with two attached hydrogens (primary N) is 1. The summed E-state index contributed by atoms with van der Waals surface area (Å²) in [6, 6.07) is 6.79. The van der Waals surface area contributed by atoms with Crippen LogP contribution in [0.4, 0.5) is 5.69 Å². The van der Waals surface area contributed by atoms with E-state index in [4.69, 9.17) is 34.3 Å². The van der Waals surface area contributed by atoms with Crippen molar-refractivity contribution in [2.45, 2.75) is 6.92 Å². The number of rotatable bonds is 5. The van der Waals surface area contributed by atoms with E-state index in [0.29, 0.717) is 10.7 Å². The summed E-state index contributed by atoms with van der Waals surface area (Å²) >= 11 is 15.5. The van der Waals surface area contributed by atoms with Gasteiger partial charge in [0.25, 0.3) is 5.91 Å². The normalized spacial score (nSPS) is 10.4. The van der Waals surface area contributed by atoms with Crippen LogP contribution in [0.25, 0.3) is 0 Å². The highest BCUT2D eigenvalue weighted by molar-refractivity contribution is 7.80. The van der Waals surface area contributed by atoms with Gasteiger partial charge in [-0.3, -0.25) is 15.6 Å². The van der Waals surface area contributed by atoms with E-state index in [1.54, 1.807) is 31.2 Å². The molecule has 0 atom stereocenters. The second-order valence-electron chi connectivity index (χ2n) is 4.33. The van der Waals surface area contributed by atoms with Gasteiger partial charge in [-0.25, -0.2) is 4.79 Å². The molecule has 6 N–H and O–H groups in total. The Bertz CT molecular complexity index is 694. The van der Waals surface area contributed by atoms with Crippen molar-refractivity contribution in [2.24, 2.45) is 5.73 Å². The number of ether oxygens (including phenoxy) is 1. The number of anilines is 1. The molecule has 0 radical (unpaired) electrons. The van der Waals surface area contributed by atoms with Crippen molar-refractivity contribution in [1.82, 2.24) is 16.2 Å². The number of nitrogens with one attached hydrogen (secondary N) is 4. The molecule has 25 heavy (non-hydrogen) atoms. The lowest BCUT2D eigenvalue weighted by atomic mass is 10.3. The van der Waals surface area contributed by atoms with Gasteiger partial charge in [-0.05, 0) is 55.6 Å². The van der Waals surface area contributed by atoms with Gasteiger partial charge in [0, 0.05) is 16.9 Å². The molecule has 0 spiro atoms.